The van der Waals surface area contributed by atoms with E-state index in [1.807, 2.05) is 6.07 Å². The Balaban J connectivity index is 1.19. The maximum absolute atomic E-state index is 14.0. The van der Waals surface area contributed by atoms with Gasteiger partial charge in [0.25, 0.3) is 0 Å². The molecule has 13 atom stereocenters. The highest BCUT2D eigenvalue weighted by atomic mass is 16.5. The third-order valence-electron chi connectivity index (χ3n) is 15.2. The zero-order chi connectivity index (χ0) is 65.8. The van der Waals surface area contributed by atoms with E-state index >= 15 is 0 Å². The molecule has 0 unspecified atom stereocenters. The predicted octanol–water partition coefficient (Wildman–Crippen LogP) is -2.88. The van der Waals surface area contributed by atoms with Gasteiger partial charge in [-0.2, -0.15) is 0 Å². The first-order valence-electron chi connectivity index (χ1n) is 29.3. The van der Waals surface area contributed by atoms with Crippen molar-refractivity contribution in [2.75, 3.05) is 20.2 Å². The fraction of sp³-hybridized carbons (Fsp3) is 0.492. The second-order valence-corrected chi connectivity index (χ2v) is 22.9. The van der Waals surface area contributed by atoms with Crippen LogP contribution in [0.5, 0.6) is 0 Å². The number of aliphatic carboxylic acids is 1. The normalized spacial score (nSPS) is 18.9. The Bertz CT molecular complexity index is 3030. The molecule has 1 aliphatic heterocycles. The number of carbonyl (C=O) groups excluding carboxylic acids is 12. The van der Waals surface area contributed by atoms with Crippen molar-refractivity contribution in [2.24, 2.45) is 35.1 Å². The minimum Gasteiger partial charge on any atom is -0.481 e. The van der Waals surface area contributed by atoms with E-state index in [1.54, 1.807) is 98.8 Å². The summed E-state index contributed by atoms with van der Waals surface area (Å²) < 4.78 is 4.90. The van der Waals surface area contributed by atoms with E-state index in [2.05, 4.69) is 47.9 Å². The number of esters is 1. The van der Waals surface area contributed by atoms with Gasteiger partial charge in [-0.05, 0) is 61.6 Å². The number of carbonyl (C=O) groups is 13. The molecule has 3 aromatic rings. The summed E-state index contributed by atoms with van der Waals surface area (Å²) in [6, 6.07) is 12.9. The SMILES string of the molecule is COC(=O)[C@H]1[C@H](NC(=O)CNC(=O)[C@@H](NC(=O)[C@H](CC(=O)O)NC(=O)[C@@H](NC(=O)[C@@H]2CCCN2C(=O)[C@@H](NC(=O)[C@@H](N)Cc2ccccc2)C(C)C)[C@@H](C)O)C(C)C)[C@@H]1C(=O)N[C@@H](Cc1ccccc1)C(=O)N[C@@H](C)C(=O)N[C@@H](Cc1ccccc1)C(N)=O. The van der Waals surface area contributed by atoms with E-state index < -0.39 is 180 Å². The van der Waals surface area contributed by atoms with Gasteiger partial charge in [0.05, 0.1) is 50.1 Å². The average Bonchev–Trinajstić information content (AvgIpc) is 1.63. The van der Waals surface area contributed by atoms with Gasteiger partial charge in [0.1, 0.15) is 48.3 Å². The summed E-state index contributed by atoms with van der Waals surface area (Å²) in [5, 5.41) is 42.9. The molecule has 0 bridgehead atoms. The van der Waals surface area contributed by atoms with Crippen LogP contribution in [0.1, 0.15) is 77.5 Å². The Morgan fingerprint density at radius 1 is 0.573 bits per heavy atom. The molecule has 1 saturated carbocycles. The van der Waals surface area contributed by atoms with Crippen LogP contribution in [0.15, 0.2) is 91.0 Å². The molecule has 89 heavy (non-hydrogen) atoms. The number of hydrogen-bond donors (Lipinski definition) is 13. The Hall–Kier alpha value is -9.31. The fourth-order valence-electron chi connectivity index (χ4n) is 10.1. The smallest absolute Gasteiger partial charge is 0.311 e. The molecule has 3 aromatic carbocycles. The third kappa shape index (κ3) is 20.7. The Kier molecular flexibility index (Phi) is 26.2. The number of likely N-dealkylation sites (tertiary alicyclic amines) is 1. The summed E-state index contributed by atoms with van der Waals surface area (Å²) in [5.41, 5.74) is 13.9. The van der Waals surface area contributed by atoms with Crippen LogP contribution in [0.2, 0.25) is 0 Å². The van der Waals surface area contributed by atoms with Gasteiger partial charge in [-0.1, -0.05) is 119 Å². The number of nitrogens with two attached hydrogens (primary N) is 2. The van der Waals surface area contributed by atoms with Crippen molar-refractivity contribution in [1.29, 1.82) is 0 Å². The number of nitrogens with one attached hydrogen (secondary N) is 9. The number of nitrogens with zero attached hydrogens (tertiary/aromatic N) is 1. The monoisotopic (exact) mass is 1240 g/mol. The van der Waals surface area contributed by atoms with Crippen molar-refractivity contribution in [3.05, 3.63) is 108 Å². The summed E-state index contributed by atoms with van der Waals surface area (Å²) >= 11 is 0. The molecule has 11 amide bonds. The Morgan fingerprint density at radius 2 is 1.09 bits per heavy atom. The van der Waals surface area contributed by atoms with Crippen molar-refractivity contribution in [3.63, 3.8) is 0 Å². The molecule has 482 valence electrons. The number of aliphatic hydroxyl groups excluding tert-OH is 1. The number of methoxy groups -OCH3 is 1. The quantitative estimate of drug-likeness (QED) is 0.0279. The fourth-order valence-corrected chi connectivity index (χ4v) is 10.1. The first kappa shape index (κ1) is 70.5. The van der Waals surface area contributed by atoms with Crippen molar-refractivity contribution >= 4 is 76.9 Å². The second kappa shape index (κ2) is 33.2. The summed E-state index contributed by atoms with van der Waals surface area (Å²) in [6.45, 7) is 8.24. The molecule has 15 N–H and O–H groups in total. The van der Waals surface area contributed by atoms with E-state index in [0.29, 0.717) is 17.5 Å². The largest absolute Gasteiger partial charge is 0.481 e. The molecule has 1 aliphatic carbocycles. The number of carboxylic acids is 1. The third-order valence-corrected chi connectivity index (χ3v) is 15.2. The molecular weight excluding hydrogens is 1160 g/mol. The van der Waals surface area contributed by atoms with Crippen molar-refractivity contribution in [1.82, 2.24) is 52.8 Å². The van der Waals surface area contributed by atoms with Gasteiger partial charge in [-0.25, -0.2) is 0 Å². The number of benzene rings is 3. The topological polar surface area (TPSA) is 435 Å². The van der Waals surface area contributed by atoms with Gasteiger partial charge in [-0.3, -0.25) is 62.3 Å². The highest BCUT2D eigenvalue weighted by Crippen LogP contribution is 2.40. The molecule has 5 rings (SSSR count). The highest BCUT2D eigenvalue weighted by Gasteiger charge is 2.61. The van der Waals surface area contributed by atoms with Gasteiger partial charge in [0.15, 0.2) is 0 Å². The molecule has 28 nitrogen and oxygen atoms in total. The molecule has 1 heterocycles. The zero-order valence-corrected chi connectivity index (χ0v) is 50.7. The Morgan fingerprint density at radius 3 is 1.61 bits per heavy atom. The minimum absolute atomic E-state index is 0.0746. The number of aliphatic hydroxyl groups is 1. The lowest BCUT2D eigenvalue weighted by atomic mass is 10.00. The lowest BCUT2D eigenvalue weighted by molar-refractivity contribution is -0.144. The molecular formula is C61H82N12O16. The van der Waals surface area contributed by atoms with Crippen LogP contribution in [0.4, 0.5) is 0 Å². The average molecular weight is 1240 g/mol. The lowest BCUT2D eigenvalue weighted by Gasteiger charge is -2.32. The van der Waals surface area contributed by atoms with Crippen LogP contribution in [0.3, 0.4) is 0 Å². The number of ether oxygens (including phenoxy) is 1. The standard InChI is InChI=1S/C61H82N12O16/c1-31(2)47(70-55(82)41(29-44(76)77)68-59(86)49(34(6)74)72-56(83)42-24-17-25-73(42)60(87)48(32(3)4)71-53(80)38(62)26-35-18-11-8-12-19-35)58(85)64-30-43(75)69-50-45(46(50)61(88)89-7)57(84)67-40(28-37-22-15-10-16-23-37)54(81)65-33(5)52(79)66-39(51(63)78)27-36-20-13-9-14-21-36/h8-16,18-23,31-34,38-42,45-50,74H,17,24-30,62H2,1-7H3,(H2,63,78)(H,64,85)(H,65,81)(H,66,79)(H,67,84)(H,68,86)(H,69,75)(H,70,82)(H,71,80)(H,72,83)(H,76,77)/t33-,34+,38-,39-,40-,41-,42-,45+,46+,47-,48-,49-,50+/m0/s1. The van der Waals surface area contributed by atoms with E-state index in [-0.39, 0.29) is 32.2 Å². The van der Waals surface area contributed by atoms with Crippen LogP contribution in [-0.2, 0) is 86.3 Å². The molecule has 2 aliphatic rings. The van der Waals surface area contributed by atoms with Crippen molar-refractivity contribution in [2.45, 2.75) is 147 Å². The van der Waals surface area contributed by atoms with Crippen LogP contribution < -0.4 is 59.3 Å². The summed E-state index contributed by atoms with van der Waals surface area (Å²) in [5.74, 6) is -15.8. The van der Waals surface area contributed by atoms with Crippen LogP contribution in [0, 0.1) is 23.7 Å². The van der Waals surface area contributed by atoms with Gasteiger partial charge in [0, 0.05) is 19.4 Å². The maximum Gasteiger partial charge on any atom is 0.311 e. The summed E-state index contributed by atoms with van der Waals surface area (Å²) in [7, 11) is 1.06. The maximum atomic E-state index is 14.0. The number of hydrogen-bond acceptors (Lipinski definition) is 16. The highest BCUT2D eigenvalue weighted by molar-refractivity contribution is 6.00. The molecule has 2 fully saturated rings. The number of carboxylic acid groups (broad SMARTS) is 1. The van der Waals surface area contributed by atoms with Crippen LogP contribution >= 0.6 is 0 Å². The lowest BCUT2D eigenvalue weighted by Crippen LogP contribution is -2.62. The van der Waals surface area contributed by atoms with Gasteiger partial charge in [0.2, 0.25) is 65.0 Å². The first-order chi connectivity index (χ1) is 42.1. The minimum atomic E-state index is -1.91. The van der Waals surface area contributed by atoms with E-state index in [9.17, 15) is 72.5 Å². The van der Waals surface area contributed by atoms with Gasteiger partial charge in [-0.15, -0.1) is 0 Å². The van der Waals surface area contributed by atoms with Crippen LogP contribution in [-0.4, -0.2) is 179 Å². The first-order valence-corrected chi connectivity index (χ1v) is 29.3. The van der Waals surface area contributed by atoms with Crippen molar-refractivity contribution in [3.8, 4) is 0 Å². The van der Waals surface area contributed by atoms with E-state index in [4.69, 9.17) is 16.2 Å². The molecule has 0 radical (unpaired) electrons. The second-order valence-electron chi connectivity index (χ2n) is 22.9. The molecule has 1 saturated heterocycles. The predicted molar refractivity (Wildman–Crippen MR) is 319 cm³/mol. The van der Waals surface area contributed by atoms with Gasteiger partial charge < -0.3 is 79.2 Å². The Labute approximate surface area is 514 Å². The van der Waals surface area contributed by atoms with E-state index in [0.717, 1.165) is 19.6 Å². The van der Waals surface area contributed by atoms with Crippen LogP contribution in [0.25, 0.3) is 0 Å². The number of amides is 11. The van der Waals surface area contributed by atoms with Gasteiger partial charge >= 0.3 is 11.9 Å². The zero-order valence-electron chi connectivity index (χ0n) is 50.7. The molecule has 0 spiro atoms. The summed E-state index contributed by atoms with van der Waals surface area (Å²) in [4.78, 5) is 176. The molecule has 28 heteroatoms. The number of rotatable bonds is 32. The number of primary amides is 1. The van der Waals surface area contributed by atoms with Crippen molar-refractivity contribution < 1.29 is 77.3 Å². The molecule has 0 aromatic heterocycles. The van der Waals surface area contributed by atoms with E-state index in [1.165, 1.54) is 25.7 Å². The summed E-state index contributed by atoms with van der Waals surface area (Å²) in [6.07, 6.45) is -2.02.